The number of hydrogen-bond donors (Lipinski definition) is 2. The van der Waals surface area contributed by atoms with E-state index >= 15 is 0 Å². The number of hydrogen-bond acceptors (Lipinski definition) is 3. The summed E-state index contributed by atoms with van der Waals surface area (Å²) in [5.74, 6) is -1.53. The highest BCUT2D eigenvalue weighted by Gasteiger charge is 2.24. The first kappa shape index (κ1) is 14.8. The van der Waals surface area contributed by atoms with E-state index in [1.54, 1.807) is 25.4 Å². The third kappa shape index (κ3) is 3.10. The average molecular weight is 287 g/mol. The molecule has 0 saturated heterocycles. The largest absolute Gasteiger partial charge is 0.479 e. The van der Waals surface area contributed by atoms with Gasteiger partial charge in [-0.1, -0.05) is 12.1 Å². The number of aromatic nitrogens is 2. The molecule has 0 bridgehead atoms. The molecule has 2 N–H and O–H groups in total. The minimum Gasteiger partial charge on any atom is -0.479 e. The summed E-state index contributed by atoms with van der Waals surface area (Å²) < 4.78 is 1.50. The molecule has 1 aromatic carbocycles. The molecule has 0 aliphatic carbocycles. The van der Waals surface area contributed by atoms with Gasteiger partial charge in [0.15, 0.2) is 6.04 Å². The molecule has 6 nitrogen and oxygen atoms in total. The predicted octanol–water partition coefficient (Wildman–Crippen LogP) is 1.59. The molecule has 1 atom stereocenters. The van der Waals surface area contributed by atoms with Gasteiger partial charge < -0.3 is 10.4 Å². The van der Waals surface area contributed by atoms with E-state index in [1.807, 2.05) is 19.9 Å². The number of amides is 1. The topological polar surface area (TPSA) is 84.2 Å². The van der Waals surface area contributed by atoms with Crippen LogP contribution >= 0.6 is 0 Å². The van der Waals surface area contributed by atoms with Crippen LogP contribution in [0.5, 0.6) is 0 Å². The molecule has 0 fully saturated rings. The lowest BCUT2D eigenvalue weighted by Crippen LogP contribution is -2.34. The molecule has 2 aromatic rings. The summed E-state index contributed by atoms with van der Waals surface area (Å²) in [6.07, 6.45) is 3.00. The van der Waals surface area contributed by atoms with Gasteiger partial charge in [-0.05, 0) is 31.0 Å². The van der Waals surface area contributed by atoms with Crippen LogP contribution in [-0.2, 0) is 11.8 Å². The average Bonchev–Trinajstić information content (AvgIpc) is 2.84. The van der Waals surface area contributed by atoms with E-state index < -0.39 is 17.9 Å². The Kier molecular flexibility index (Phi) is 4.07. The van der Waals surface area contributed by atoms with E-state index in [9.17, 15) is 14.7 Å². The number of nitrogens with one attached hydrogen (secondary N) is 1. The Morgan fingerprint density at radius 2 is 2.05 bits per heavy atom. The number of carboxylic acids is 1. The zero-order valence-electron chi connectivity index (χ0n) is 12.1. The summed E-state index contributed by atoms with van der Waals surface area (Å²) in [4.78, 5) is 23.7. The Bertz CT molecular complexity index is 691. The van der Waals surface area contributed by atoms with Gasteiger partial charge in [0, 0.05) is 24.4 Å². The van der Waals surface area contributed by atoms with Crippen LogP contribution in [0.3, 0.4) is 0 Å². The van der Waals surface area contributed by atoms with Gasteiger partial charge in [-0.25, -0.2) is 4.79 Å². The van der Waals surface area contributed by atoms with Gasteiger partial charge in [-0.2, -0.15) is 5.10 Å². The standard InChI is InChI=1S/C15H17N3O3/c1-9-5-4-6-12(10(9)2)14(19)17-13(15(20)21)11-7-16-18(3)8-11/h4-8,13H,1-3H3,(H,17,19)(H,20,21). The number of nitrogens with zero attached hydrogens (tertiary/aromatic N) is 2. The predicted molar refractivity (Wildman–Crippen MR) is 77.0 cm³/mol. The number of carboxylic acid groups (broad SMARTS) is 1. The molecule has 1 amide bonds. The first-order chi connectivity index (χ1) is 9.90. The fourth-order valence-corrected chi connectivity index (χ4v) is 2.08. The van der Waals surface area contributed by atoms with Crippen molar-refractivity contribution in [2.75, 3.05) is 0 Å². The fraction of sp³-hybridized carbons (Fsp3) is 0.267. The maximum atomic E-state index is 12.3. The van der Waals surface area contributed by atoms with E-state index in [0.29, 0.717) is 11.1 Å². The summed E-state index contributed by atoms with van der Waals surface area (Å²) in [7, 11) is 1.69. The molecule has 0 aliphatic heterocycles. The Morgan fingerprint density at radius 1 is 1.33 bits per heavy atom. The maximum Gasteiger partial charge on any atom is 0.331 e. The van der Waals surface area contributed by atoms with Crippen molar-refractivity contribution in [2.24, 2.45) is 7.05 Å². The van der Waals surface area contributed by atoms with Crippen molar-refractivity contribution in [1.29, 1.82) is 0 Å². The molecule has 0 saturated carbocycles. The van der Waals surface area contributed by atoms with Crippen molar-refractivity contribution < 1.29 is 14.7 Å². The van der Waals surface area contributed by atoms with Crippen LogP contribution in [0.25, 0.3) is 0 Å². The van der Waals surface area contributed by atoms with Gasteiger partial charge in [-0.3, -0.25) is 9.48 Å². The first-order valence-corrected chi connectivity index (χ1v) is 6.48. The van der Waals surface area contributed by atoms with Crippen LogP contribution < -0.4 is 5.32 Å². The molecule has 1 unspecified atom stereocenters. The molecule has 110 valence electrons. The number of carbonyl (C=O) groups excluding carboxylic acids is 1. The Hall–Kier alpha value is -2.63. The highest BCUT2D eigenvalue weighted by Crippen LogP contribution is 2.16. The van der Waals surface area contributed by atoms with Gasteiger partial charge >= 0.3 is 5.97 Å². The molecule has 1 aromatic heterocycles. The van der Waals surface area contributed by atoms with E-state index in [-0.39, 0.29) is 0 Å². The zero-order valence-corrected chi connectivity index (χ0v) is 12.1. The minimum absolute atomic E-state index is 0.410. The summed E-state index contributed by atoms with van der Waals surface area (Å²) in [6.45, 7) is 3.74. The molecular weight excluding hydrogens is 270 g/mol. The van der Waals surface area contributed by atoms with Gasteiger partial charge in [0.2, 0.25) is 0 Å². The smallest absolute Gasteiger partial charge is 0.331 e. The number of rotatable bonds is 4. The first-order valence-electron chi connectivity index (χ1n) is 6.48. The summed E-state index contributed by atoms with van der Waals surface area (Å²) in [5, 5.41) is 15.8. The van der Waals surface area contributed by atoms with Crippen molar-refractivity contribution in [3.8, 4) is 0 Å². The van der Waals surface area contributed by atoms with Gasteiger partial charge in [0.1, 0.15) is 0 Å². The summed E-state index contributed by atoms with van der Waals surface area (Å²) in [5.41, 5.74) is 2.73. The zero-order chi connectivity index (χ0) is 15.6. The highest BCUT2D eigenvalue weighted by molar-refractivity contribution is 5.98. The second-order valence-electron chi connectivity index (χ2n) is 4.94. The molecule has 0 radical (unpaired) electrons. The van der Waals surface area contributed by atoms with Gasteiger partial charge in [0.25, 0.3) is 5.91 Å². The van der Waals surface area contributed by atoms with Gasteiger partial charge in [-0.15, -0.1) is 0 Å². The molecular formula is C15H17N3O3. The quantitative estimate of drug-likeness (QED) is 0.894. The molecule has 21 heavy (non-hydrogen) atoms. The van der Waals surface area contributed by atoms with Crippen molar-refractivity contribution in [3.05, 3.63) is 52.8 Å². The van der Waals surface area contributed by atoms with Crippen LogP contribution in [0.2, 0.25) is 0 Å². The number of aryl methyl sites for hydroxylation is 2. The number of carbonyl (C=O) groups is 2. The monoisotopic (exact) mass is 287 g/mol. The fourth-order valence-electron chi connectivity index (χ4n) is 2.08. The van der Waals surface area contributed by atoms with Crippen LogP contribution in [-0.4, -0.2) is 26.8 Å². The molecule has 6 heteroatoms. The Labute approximate surface area is 122 Å². The SMILES string of the molecule is Cc1cccc(C(=O)NC(C(=O)O)c2cnn(C)c2)c1C. The highest BCUT2D eigenvalue weighted by atomic mass is 16.4. The Balaban J connectivity index is 2.27. The van der Waals surface area contributed by atoms with Crippen molar-refractivity contribution in [3.63, 3.8) is 0 Å². The Morgan fingerprint density at radius 3 is 2.62 bits per heavy atom. The second kappa shape index (κ2) is 5.78. The van der Waals surface area contributed by atoms with Crippen molar-refractivity contribution in [1.82, 2.24) is 15.1 Å². The third-order valence-electron chi connectivity index (χ3n) is 3.43. The van der Waals surface area contributed by atoms with Crippen LogP contribution in [0, 0.1) is 13.8 Å². The molecule has 1 heterocycles. The lowest BCUT2D eigenvalue weighted by atomic mass is 10.0. The van der Waals surface area contributed by atoms with Crippen LogP contribution in [0.4, 0.5) is 0 Å². The van der Waals surface area contributed by atoms with E-state index in [1.165, 1.54) is 10.9 Å². The molecule has 2 rings (SSSR count). The lowest BCUT2D eigenvalue weighted by molar-refractivity contribution is -0.139. The minimum atomic E-state index is -1.12. The normalized spacial score (nSPS) is 12.0. The van der Waals surface area contributed by atoms with E-state index in [0.717, 1.165) is 11.1 Å². The molecule has 0 aliphatic rings. The summed E-state index contributed by atoms with van der Waals surface area (Å²) >= 11 is 0. The third-order valence-corrected chi connectivity index (χ3v) is 3.43. The second-order valence-corrected chi connectivity index (χ2v) is 4.94. The summed E-state index contributed by atoms with van der Waals surface area (Å²) in [6, 6.07) is 4.24. The molecule has 0 spiro atoms. The van der Waals surface area contributed by atoms with Gasteiger partial charge in [0.05, 0.1) is 6.20 Å². The van der Waals surface area contributed by atoms with Crippen LogP contribution in [0.15, 0.2) is 30.6 Å². The number of aliphatic carboxylic acids is 1. The maximum absolute atomic E-state index is 12.3. The van der Waals surface area contributed by atoms with E-state index in [4.69, 9.17) is 0 Å². The number of benzene rings is 1. The van der Waals surface area contributed by atoms with Crippen LogP contribution in [0.1, 0.15) is 33.1 Å². The van der Waals surface area contributed by atoms with E-state index in [2.05, 4.69) is 10.4 Å². The van der Waals surface area contributed by atoms with Crippen molar-refractivity contribution >= 4 is 11.9 Å². The lowest BCUT2D eigenvalue weighted by Gasteiger charge is -2.14. The van der Waals surface area contributed by atoms with Crippen molar-refractivity contribution in [2.45, 2.75) is 19.9 Å².